The van der Waals surface area contributed by atoms with Gasteiger partial charge in [0, 0.05) is 12.8 Å². The van der Waals surface area contributed by atoms with E-state index in [1.165, 1.54) is 25.3 Å². The quantitative estimate of drug-likeness (QED) is 0.561. The minimum Gasteiger partial charge on any atom is -0.494 e. The lowest BCUT2D eigenvalue weighted by molar-refractivity contribution is 0.0950. The number of carbonyl (C=O) groups excluding carboxylic acids is 2. The molecule has 0 saturated heterocycles. The van der Waals surface area contributed by atoms with Crippen molar-refractivity contribution in [3.8, 4) is 5.75 Å². The first-order valence-electron chi connectivity index (χ1n) is 8.14. The number of aromatic amines is 1. The largest absolute Gasteiger partial charge is 0.494 e. The number of carbonyl (C=O) groups is 2. The van der Waals surface area contributed by atoms with Crippen LogP contribution in [0.2, 0.25) is 0 Å². The van der Waals surface area contributed by atoms with Gasteiger partial charge in [-0.15, -0.1) is 0 Å². The fourth-order valence-corrected chi connectivity index (χ4v) is 3.30. The van der Waals surface area contributed by atoms with Crippen LogP contribution in [0.4, 0.5) is 0 Å². The third-order valence-electron chi connectivity index (χ3n) is 4.11. The smallest absolute Gasteiger partial charge is 0.284 e. The minimum atomic E-state index is -3.28. The number of ether oxygens (including phenoxy) is 1. The number of sulfone groups is 1. The Bertz CT molecular complexity index is 1170. The predicted octanol–water partition coefficient (Wildman–Crippen LogP) is 1.00. The number of benzene rings is 2. The maximum Gasteiger partial charge on any atom is 0.284 e. The van der Waals surface area contributed by atoms with Gasteiger partial charge in [-0.05, 0) is 29.8 Å². The Hall–Kier alpha value is -3.40. The summed E-state index contributed by atoms with van der Waals surface area (Å²) < 4.78 is 28.2. The van der Waals surface area contributed by atoms with Gasteiger partial charge in [0.05, 0.1) is 17.6 Å². The first-order chi connectivity index (χ1) is 13.2. The second-order valence-corrected chi connectivity index (χ2v) is 8.10. The van der Waals surface area contributed by atoms with E-state index in [9.17, 15) is 18.0 Å². The average Bonchev–Trinajstić information content (AvgIpc) is 3.10. The highest BCUT2D eigenvalue weighted by Crippen LogP contribution is 2.26. The Morgan fingerprint density at radius 3 is 2.43 bits per heavy atom. The minimum absolute atomic E-state index is 0.0788. The molecule has 0 aliphatic carbocycles. The maximum absolute atomic E-state index is 12.6. The van der Waals surface area contributed by atoms with Gasteiger partial charge in [-0.2, -0.15) is 0 Å². The van der Waals surface area contributed by atoms with Gasteiger partial charge in [0.2, 0.25) is 0 Å². The average molecular weight is 402 g/mol. The third-order valence-corrected chi connectivity index (χ3v) is 5.24. The first-order valence-corrected chi connectivity index (χ1v) is 10.0. The number of nitrogens with one attached hydrogen (secondary N) is 2. The van der Waals surface area contributed by atoms with Crippen molar-refractivity contribution in [2.45, 2.75) is 11.4 Å². The first kappa shape index (κ1) is 19.4. The standard InChI is InChI=1S/C18H18N4O5S/c1-27-13-8-7-12(14-15(13)22-17(21-14)16(19)23)18(24)20-9-10-3-5-11(6-4-10)28(2,25)26/h3-8H,9H2,1-2H3,(H2,19,23)(H,20,24)(H,21,22). The summed E-state index contributed by atoms with van der Waals surface area (Å²) in [5.41, 5.74) is 6.88. The predicted molar refractivity (Wildman–Crippen MR) is 102 cm³/mol. The van der Waals surface area contributed by atoms with Crippen molar-refractivity contribution < 1.29 is 22.7 Å². The lowest BCUT2D eigenvalue weighted by atomic mass is 10.1. The molecule has 2 amide bonds. The van der Waals surface area contributed by atoms with Crippen LogP contribution in [0.5, 0.6) is 5.75 Å². The van der Waals surface area contributed by atoms with Crippen molar-refractivity contribution in [1.82, 2.24) is 15.3 Å². The third kappa shape index (κ3) is 3.81. The van der Waals surface area contributed by atoms with E-state index in [1.807, 2.05) is 0 Å². The molecule has 0 radical (unpaired) electrons. The highest BCUT2D eigenvalue weighted by molar-refractivity contribution is 7.90. The van der Waals surface area contributed by atoms with E-state index in [-0.39, 0.29) is 28.3 Å². The van der Waals surface area contributed by atoms with Crippen LogP contribution in [0.25, 0.3) is 11.0 Å². The number of hydrogen-bond donors (Lipinski definition) is 3. The van der Waals surface area contributed by atoms with Crippen LogP contribution in [-0.2, 0) is 16.4 Å². The molecule has 1 heterocycles. The summed E-state index contributed by atoms with van der Waals surface area (Å²) in [6.07, 6.45) is 1.13. The second-order valence-electron chi connectivity index (χ2n) is 6.09. The number of fused-ring (bicyclic) bond motifs is 1. The van der Waals surface area contributed by atoms with E-state index in [1.54, 1.807) is 18.2 Å². The number of methoxy groups -OCH3 is 1. The Labute approximate surface area is 160 Å². The second kappa shape index (κ2) is 7.31. The highest BCUT2D eigenvalue weighted by atomic mass is 32.2. The number of nitrogens with two attached hydrogens (primary N) is 1. The molecule has 2 aromatic carbocycles. The molecule has 9 nitrogen and oxygen atoms in total. The molecule has 0 fully saturated rings. The summed E-state index contributed by atoms with van der Waals surface area (Å²) in [6.45, 7) is 0.184. The van der Waals surface area contributed by atoms with E-state index in [0.29, 0.717) is 11.3 Å². The summed E-state index contributed by atoms with van der Waals surface area (Å²) in [6, 6.07) is 9.33. The van der Waals surface area contributed by atoms with Gasteiger partial charge in [-0.3, -0.25) is 9.59 Å². The molecule has 0 aliphatic heterocycles. The Morgan fingerprint density at radius 1 is 1.18 bits per heavy atom. The van der Waals surface area contributed by atoms with Gasteiger partial charge < -0.3 is 20.8 Å². The van der Waals surface area contributed by atoms with Crippen LogP contribution in [-0.4, -0.2) is 43.6 Å². The van der Waals surface area contributed by atoms with E-state index in [0.717, 1.165) is 11.8 Å². The molecule has 28 heavy (non-hydrogen) atoms. The molecule has 1 aromatic heterocycles. The van der Waals surface area contributed by atoms with E-state index < -0.39 is 21.7 Å². The molecular formula is C18H18N4O5S. The number of imidazole rings is 1. The molecule has 10 heteroatoms. The van der Waals surface area contributed by atoms with Gasteiger partial charge >= 0.3 is 0 Å². The highest BCUT2D eigenvalue weighted by Gasteiger charge is 2.19. The molecule has 0 bridgehead atoms. The molecule has 0 saturated carbocycles. The molecule has 0 atom stereocenters. The zero-order chi connectivity index (χ0) is 20.5. The lowest BCUT2D eigenvalue weighted by Crippen LogP contribution is -2.23. The van der Waals surface area contributed by atoms with Crippen molar-refractivity contribution in [2.75, 3.05) is 13.4 Å². The van der Waals surface area contributed by atoms with Crippen molar-refractivity contribution in [3.05, 3.63) is 53.3 Å². The summed E-state index contributed by atoms with van der Waals surface area (Å²) in [5, 5.41) is 2.74. The Kier molecular flexibility index (Phi) is 5.06. The van der Waals surface area contributed by atoms with Crippen LogP contribution >= 0.6 is 0 Å². The number of nitrogens with zero attached hydrogens (tertiary/aromatic N) is 1. The van der Waals surface area contributed by atoms with Crippen LogP contribution in [0.1, 0.15) is 26.5 Å². The lowest BCUT2D eigenvalue weighted by Gasteiger charge is -2.08. The fraction of sp³-hybridized carbons (Fsp3) is 0.167. The topological polar surface area (TPSA) is 144 Å². The number of rotatable bonds is 6. The normalized spacial score (nSPS) is 11.4. The van der Waals surface area contributed by atoms with Gasteiger partial charge in [0.15, 0.2) is 15.7 Å². The van der Waals surface area contributed by atoms with Gasteiger partial charge in [-0.1, -0.05) is 12.1 Å². The SMILES string of the molecule is COc1ccc(C(=O)NCc2ccc(S(C)(=O)=O)cc2)c2nc(C(N)=O)[nH]c12. The molecular weight excluding hydrogens is 384 g/mol. The van der Waals surface area contributed by atoms with Gasteiger partial charge in [0.25, 0.3) is 11.8 Å². The van der Waals surface area contributed by atoms with E-state index in [4.69, 9.17) is 10.5 Å². The maximum atomic E-state index is 12.6. The molecule has 146 valence electrons. The van der Waals surface area contributed by atoms with Crippen LogP contribution in [0.3, 0.4) is 0 Å². The zero-order valence-electron chi connectivity index (χ0n) is 15.1. The molecule has 4 N–H and O–H groups in total. The molecule has 0 aliphatic rings. The zero-order valence-corrected chi connectivity index (χ0v) is 16.0. The van der Waals surface area contributed by atoms with Crippen LogP contribution in [0, 0.1) is 0 Å². The van der Waals surface area contributed by atoms with Crippen molar-refractivity contribution in [3.63, 3.8) is 0 Å². The molecule has 0 spiro atoms. The number of hydrogen-bond acceptors (Lipinski definition) is 6. The monoisotopic (exact) mass is 402 g/mol. The summed E-state index contributed by atoms with van der Waals surface area (Å²) in [7, 11) is -1.82. The number of aromatic nitrogens is 2. The van der Waals surface area contributed by atoms with Gasteiger partial charge in [0.1, 0.15) is 16.8 Å². The molecule has 3 aromatic rings. The van der Waals surface area contributed by atoms with Crippen LogP contribution in [0.15, 0.2) is 41.3 Å². The number of amides is 2. The number of H-pyrrole nitrogens is 1. The molecule has 3 rings (SSSR count). The summed E-state index contributed by atoms with van der Waals surface area (Å²) in [5.74, 6) is -0.828. The van der Waals surface area contributed by atoms with Crippen molar-refractivity contribution >= 4 is 32.7 Å². The van der Waals surface area contributed by atoms with Crippen molar-refractivity contribution in [1.29, 1.82) is 0 Å². The Morgan fingerprint density at radius 2 is 1.86 bits per heavy atom. The van der Waals surface area contributed by atoms with E-state index >= 15 is 0 Å². The summed E-state index contributed by atoms with van der Waals surface area (Å²) >= 11 is 0. The Balaban J connectivity index is 1.84. The summed E-state index contributed by atoms with van der Waals surface area (Å²) in [4.78, 5) is 31.1. The van der Waals surface area contributed by atoms with Gasteiger partial charge in [-0.25, -0.2) is 13.4 Å². The van der Waals surface area contributed by atoms with Crippen molar-refractivity contribution in [2.24, 2.45) is 5.73 Å². The number of primary amides is 1. The fourth-order valence-electron chi connectivity index (χ4n) is 2.67. The van der Waals surface area contributed by atoms with Crippen LogP contribution < -0.4 is 15.8 Å². The molecule has 0 unspecified atom stereocenters. The van der Waals surface area contributed by atoms with E-state index in [2.05, 4.69) is 15.3 Å².